The molecule has 136 valence electrons. The molecular formula is C21H25N3O2. The normalized spacial score (nSPS) is 17.2. The molecule has 1 saturated heterocycles. The van der Waals surface area contributed by atoms with Crippen LogP contribution in [0.2, 0.25) is 0 Å². The fraction of sp³-hybridized carbons (Fsp3) is 0.381. The standard InChI is InChI=1S/C21H25N3O2/c1-25-17-7-4-6-16(12-17)13-24(14-18-8-5-11-26-18)15-21-22-19-9-2-3-10-20(19)23-21/h2-4,6-7,9-10,12,18H,5,8,11,13-15H2,1H3,(H,22,23). The summed E-state index contributed by atoms with van der Waals surface area (Å²) in [5, 5.41) is 0. The highest BCUT2D eigenvalue weighted by Gasteiger charge is 2.20. The lowest BCUT2D eigenvalue weighted by Gasteiger charge is -2.24. The summed E-state index contributed by atoms with van der Waals surface area (Å²) in [5.41, 5.74) is 3.33. The minimum absolute atomic E-state index is 0.310. The first kappa shape index (κ1) is 17.1. The van der Waals surface area contributed by atoms with Crippen molar-refractivity contribution in [2.45, 2.75) is 32.0 Å². The lowest BCUT2D eigenvalue weighted by Crippen LogP contribution is -2.31. The van der Waals surface area contributed by atoms with Crippen LogP contribution < -0.4 is 4.74 Å². The Hall–Kier alpha value is -2.37. The van der Waals surface area contributed by atoms with E-state index in [9.17, 15) is 0 Å². The van der Waals surface area contributed by atoms with Gasteiger partial charge >= 0.3 is 0 Å². The molecule has 1 N–H and O–H groups in total. The third-order valence-corrected chi connectivity index (χ3v) is 4.84. The maximum Gasteiger partial charge on any atom is 0.121 e. The first-order chi connectivity index (χ1) is 12.8. The topological polar surface area (TPSA) is 50.4 Å². The van der Waals surface area contributed by atoms with Crippen LogP contribution in [0.3, 0.4) is 0 Å². The van der Waals surface area contributed by atoms with Crippen LogP contribution in [0.15, 0.2) is 48.5 Å². The number of nitrogens with one attached hydrogen (secondary N) is 1. The third-order valence-electron chi connectivity index (χ3n) is 4.84. The Labute approximate surface area is 153 Å². The van der Waals surface area contributed by atoms with Crippen molar-refractivity contribution >= 4 is 11.0 Å². The summed E-state index contributed by atoms with van der Waals surface area (Å²) in [6, 6.07) is 16.4. The number of para-hydroxylation sites is 2. The predicted molar refractivity (Wildman–Crippen MR) is 102 cm³/mol. The SMILES string of the molecule is COc1cccc(CN(Cc2nc3ccccc3[nH]2)CC2CCCO2)c1. The molecule has 26 heavy (non-hydrogen) atoms. The van der Waals surface area contributed by atoms with Gasteiger partial charge in [0.1, 0.15) is 11.6 Å². The van der Waals surface area contributed by atoms with Gasteiger partial charge in [0.15, 0.2) is 0 Å². The number of aromatic amines is 1. The van der Waals surface area contributed by atoms with E-state index in [1.54, 1.807) is 7.11 Å². The molecule has 2 aromatic carbocycles. The number of nitrogens with zero attached hydrogens (tertiary/aromatic N) is 2. The van der Waals surface area contributed by atoms with Crippen LogP contribution in [-0.2, 0) is 17.8 Å². The zero-order chi connectivity index (χ0) is 17.8. The minimum Gasteiger partial charge on any atom is -0.497 e. The molecule has 0 aliphatic carbocycles. The number of H-pyrrole nitrogens is 1. The number of hydrogen-bond acceptors (Lipinski definition) is 4. The van der Waals surface area contributed by atoms with Crippen molar-refractivity contribution in [3.8, 4) is 5.75 Å². The number of hydrogen-bond donors (Lipinski definition) is 1. The second-order valence-corrected chi connectivity index (χ2v) is 6.86. The van der Waals surface area contributed by atoms with E-state index in [-0.39, 0.29) is 0 Å². The van der Waals surface area contributed by atoms with Gasteiger partial charge in [-0.05, 0) is 42.7 Å². The average Bonchev–Trinajstić information content (AvgIpc) is 3.30. The molecule has 5 heteroatoms. The summed E-state index contributed by atoms with van der Waals surface area (Å²) in [4.78, 5) is 10.6. The largest absolute Gasteiger partial charge is 0.497 e. The quantitative estimate of drug-likeness (QED) is 0.704. The second-order valence-electron chi connectivity index (χ2n) is 6.86. The van der Waals surface area contributed by atoms with Crippen molar-refractivity contribution in [2.24, 2.45) is 0 Å². The molecule has 0 radical (unpaired) electrons. The monoisotopic (exact) mass is 351 g/mol. The molecule has 2 heterocycles. The van der Waals surface area contributed by atoms with E-state index >= 15 is 0 Å². The molecule has 0 bridgehead atoms. The summed E-state index contributed by atoms with van der Waals surface area (Å²) in [5.74, 6) is 1.88. The summed E-state index contributed by atoms with van der Waals surface area (Å²) in [7, 11) is 1.71. The lowest BCUT2D eigenvalue weighted by atomic mass is 10.1. The smallest absolute Gasteiger partial charge is 0.121 e. The summed E-state index contributed by atoms with van der Waals surface area (Å²) in [6.07, 6.45) is 2.60. The number of benzene rings is 2. The van der Waals surface area contributed by atoms with E-state index in [2.05, 4.69) is 28.1 Å². The Bertz CT molecular complexity index is 822. The molecule has 1 unspecified atom stereocenters. The minimum atomic E-state index is 0.310. The Morgan fingerprint density at radius 3 is 2.92 bits per heavy atom. The molecular weight excluding hydrogens is 326 g/mol. The number of methoxy groups -OCH3 is 1. The Morgan fingerprint density at radius 2 is 2.12 bits per heavy atom. The molecule has 1 aromatic heterocycles. The van der Waals surface area contributed by atoms with E-state index in [1.807, 2.05) is 30.3 Å². The summed E-state index contributed by atoms with van der Waals surface area (Å²) in [6.45, 7) is 3.40. The first-order valence-electron chi connectivity index (χ1n) is 9.20. The van der Waals surface area contributed by atoms with Gasteiger partial charge < -0.3 is 14.5 Å². The van der Waals surface area contributed by atoms with Gasteiger partial charge in [-0.25, -0.2) is 4.98 Å². The zero-order valence-corrected chi connectivity index (χ0v) is 15.1. The molecule has 0 spiro atoms. The third kappa shape index (κ3) is 4.06. The molecule has 0 saturated carbocycles. The molecule has 1 fully saturated rings. The highest BCUT2D eigenvalue weighted by Crippen LogP contribution is 2.20. The van der Waals surface area contributed by atoms with Gasteiger partial charge in [-0.15, -0.1) is 0 Å². The van der Waals surface area contributed by atoms with Gasteiger partial charge in [-0.3, -0.25) is 4.90 Å². The maximum atomic E-state index is 5.87. The molecule has 0 amide bonds. The molecule has 1 atom stereocenters. The van der Waals surface area contributed by atoms with Gasteiger partial charge in [0.05, 0.1) is 30.8 Å². The zero-order valence-electron chi connectivity index (χ0n) is 15.1. The van der Waals surface area contributed by atoms with Crippen LogP contribution in [0.25, 0.3) is 11.0 Å². The van der Waals surface area contributed by atoms with Gasteiger partial charge in [-0.1, -0.05) is 24.3 Å². The number of aromatic nitrogens is 2. The van der Waals surface area contributed by atoms with Crippen molar-refractivity contribution in [1.29, 1.82) is 0 Å². The van der Waals surface area contributed by atoms with Crippen LogP contribution in [0, 0.1) is 0 Å². The molecule has 1 aliphatic rings. The molecule has 1 aliphatic heterocycles. The van der Waals surface area contributed by atoms with Crippen molar-refractivity contribution in [3.05, 3.63) is 59.9 Å². The number of fused-ring (bicyclic) bond motifs is 1. The highest BCUT2D eigenvalue weighted by atomic mass is 16.5. The highest BCUT2D eigenvalue weighted by molar-refractivity contribution is 5.74. The predicted octanol–water partition coefficient (Wildman–Crippen LogP) is 3.75. The van der Waals surface area contributed by atoms with Crippen molar-refractivity contribution in [1.82, 2.24) is 14.9 Å². The van der Waals surface area contributed by atoms with Gasteiger partial charge in [0.25, 0.3) is 0 Å². The van der Waals surface area contributed by atoms with Crippen LogP contribution >= 0.6 is 0 Å². The van der Waals surface area contributed by atoms with Gasteiger partial charge in [0.2, 0.25) is 0 Å². The van der Waals surface area contributed by atoms with Crippen molar-refractivity contribution in [2.75, 3.05) is 20.3 Å². The first-order valence-corrected chi connectivity index (χ1v) is 9.20. The Balaban J connectivity index is 1.52. The van der Waals surface area contributed by atoms with E-state index in [0.717, 1.165) is 61.7 Å². The molecule has 4 rings (SSSR count). The Kier molecular flexibility index (Phi) is 5.18. The Morgan fingerprint density at radius 1 is 1.19 bits per heavy atom. The van der Waals surface area contributed by atoms with Crippen LogP contribution in [-0.4, -0.2) is 41.2 Å². The maximum absolute atomic E-state index is 5.87. The van der Waals surface area contributed by atoms with E-state index in [1.165, 1.54) is 5.56 Å². The molecule has 5 nitrogen and oxygen atoms in total. The average molecular weight is 351 g/mol. The van der Waals surface area contributed by atoms with E-state index in [0.29, 0.717) is 6.10 Å². The van der Waals surface area contributed by atoms with Gasteiger partial charge in [0, 0.05) is 19.7 Å². The number of rotatable bonds is 7. The fourth-order valence-corrected chi connectivity index (χ4v) is 3.58. The van der Waals surface area contributed by atoms with E-state index < -0.39 is 0 Å². The summed E-state index contributed by atoms with van der Waals surface area (Å²) < 4.78 is 11.2. The number of imidazole rings is 1. The van der Waals surface area contributed by atoms with Crippen molar-refractivity contribution < 1.29 is 9.47 Å². The van der Waals surface area contributed by atoms with Crippen LogP contribution in [0.5, 0.6) is 5.75 Å². The van der Waals surface area contributed by atoms with Crippen LogP contribution in [0.1, 0.15) is 24.2 Å². The van der Waals surface area contributed by atoms with E-state index in [4.69, 9.17) is 14.5 Å². The van der Waals surface area contributed by atoms with Gasteiger partial charge in [-0.2, -0.15) is 0 Å². The number of ether oxygens (including phenoxy) is 2. The van der Waals surface area contributed by atoms with Crippen LogP contribution in [0.4, 0.5) is 0 Å². The second kappa shape index (κ2) is 7.89. The fourth-order valence-electron chi connectivity index (χ4n) is 3.58. The molecule has 3 aromatic rings. The lowest BCUT2D eigenvalue weighted by molar-refractivity contribution is 0.0671. The van der Waals surface area contributed by atoms with Crippen molar-refractivity contribution in [3.63, 3.8) is 0 Å². The summed E-state index contributed by atoms with van der Waals surface area (Å²) >= 11 is 0.